The summed E-state index contributed by atoms with van der Waals surface area (Å²) in [6.07, 6.45) is -0.0193. The van der Waals surface area contributed by atoms with E-state index in [4.69, 9.17) is 9.47 Å². The van der Waals surface area contributed by atoms with Crippen LogP contribution in [0.5, 0.6) is 11.5 Å². The number of benzene rings is 2. The molecule has 30 heavy (non-hydrogen) atoms. The number of rotatable bonds is 7. The third kappa shape index (κ3) is 5.79. The maximum Gasteiger partial charge on any atom is 0.257 e. The molecule has 1 N–H and O–H groups in total. The fourth-order valence-electron chi connectivity index (χ4n) is 3.02. The maximum atomic E-state index is 12.8. The molecule has 6 heteroatoms. The smallest absolute Gasteiger partial charge is 0.257 e. The van der Waals surface area contributed by atoms with Gasteiger partial charge in [-0.3, -0.25) is 9.78 Å². The number of aryl methyl sites for hydroxylation is 1. The number of para-hydroxylation sites is 1. The second kappa shape index (κ2) is 10.0. The van der Waals surface area contributed by atoms with Gasteiger partial charge in [0, 0.05) is 11.8 Å². The highest BCUT2D eigenvalue weighted by atomic mass is 127. The molecule has 0 saturated heterocycles. The first-order valence-electron chi connectivity index (χ1n) is 9.80. The van der Waals surface area contributed by atoms with Crippen LogP contribution in [-0.2, 0) is 4.74 Å². The van der Waals surface area contributed by atoms with Crippen LogP contribution in [0, 0.1) is 10.5 Å². The van der Waals surface area contributed by atoms with Gasteiger partial charge in [-0.25, -0.2) is 0 Å². The van der Waals surface area contributed by atoms with Gasteiger partial charge in [-0.05, 0) is 86.7 Å². The quantitative estimate of drug-likeness (QED) is 0.363. The Hall–Kier alpha value is -2.45. The summed E-state index contributed by atoms with van der Waals surface area (Å²) >= 11 is 2.23. The van der Waals surface area contributed by atoms with Gasteiger partial charge in [0.05, 0.1) is 32.7 Å². The predicted octanol–water partition coefficient (Wildman–Crippen LogP) is 6.53. The summed E-state index contributed by atoms with van der Waals surface area (Å²) in [4.78, 5) is 17.4. The first-order chi connectivity index (χ1) is 14.3. The van der Waals surface area contributed by atoms with E-state index in [1.165, 1.54) is 0 Å². The summed E-state index contributed by atoms with van der Waals surface area (Å²) in [5.74, 6) is 1.21. The number of carbonyl (C=O) groups excluding carboxylic acids is 1. The Labute approximate surface area is 191 Å². The van der Waals surface area contributed by atoms with Crippen molar-refractivity contribution in [2.24, 2.45) is 0 Å². The van der Waals surface area contributed by atoms with E-state index in [-0.39, 0.29) is 18.1 Å². The third-order valence-electron chi connectivity index (χ3n) is 4.40. The minimum Gasteiger partial charge on any atom is -0.456 e. The van der Waals surface area contributed by atoms with Crippen molar-refractivity contribution < 1.29 is 14.3 Å². The van der Waals surface area contributed by atoms with Crippen LogP contribution in [0.3, 0.4) is 0 Å². The minimum atomic E-state index is -0.213. The molecule has 1 heterocycles. The number of aromatic nitrogens is 1. The van der Waals surface area contributed by atoms with Crippen LogP contribution >= 0.6 is 22.6 Å². The lowest BCUT2D eigenvalue weighted by Crippen LogP contribution is -2.16. The predicted molar refractivity (Wildman–Crippen MR) is 127 cm³/mol. The minimum absolute atomic E-state index is 0.110. The fourth-order valence-corrected chi connectivity index (χ4v) is 3.51. The number of halogens is 1. The number of anilines is 1. The molecule has 0 fully saturated rings. The molecule has 5 nitrogen and oxygen atoms in total. The Bertz CT molecular complexity index is 1040. The molecule has 0 aliphatic heterocycles. The van der Waals surface area contributed by atoms with Gasteiger partial charge in [-0.2, -0.15) is 0 Å². The van der Waals surface area contributed by atoms with Crippen LogP contribution in [0.15, 0.2) is 60.7 Å². The largest absolute Gasteiger partial charge is 0.456 e. The first kappa shape index (κ1) is 22.2. The van der Waals surface area contributed by atoms with Crippen LogP contribution in [0.1, 0.15) is 48.6 Å². The van der Waals surface area contributed by atoms with Gasteiger partial charge in [-0.1, -0.05) is 18.2 Å². The number of nitrogens with zero attached hydrogens (tertiary/aromatic N) is 1. The van der Waals surface area contributed by atoms with Crippen LogP contribution in [0.4, 0.5) is 5.69 Å². The van der Waals surface area contributed by atoms with E-state index in [2.05, 4.69) is 32.9 Å². The Morgan fingerprint density at radius 1 is 1.03 bits per heavy atom. The zero-order valence-corrected chi connectivity index (χ0v) is 19.6. The van der Waals surface area contributed by atoms with Gasteiger partial charge in [0.25, 0.3) is 5.91 Å². The average molecular weight is 516 g/mol. The highest BCUT2D eigenvalue weighted by Crippen LogP contribution is 2.28. The molecule has 3 rings (SSSR count). The lowest BCUT2D eigenvalue weighted by atomic mass is 10.1. The van der Waals surface area contributed by atoms with Gasteiger partial charge in [0.1, 0.15) is 11.5 Å². The van der Waals surface area contributed by atoms with Gasteiger partial charge >= 0.3 is 0 Å². The highest BCUT2D eigenvalue weighted by molar-refractivity contribution is 14.1. The van der Waals surface area contributed by atoms with Crippen LogP contribution in [-0.4, -0.2) is 17.0 Å². The fraction of sp³-hybridized carbons (Fsp3) is 0.250. The van der Waals surface area contributed by atoms with Crippen molar-refractivity contribution in [3.05, 3.63) is 81.2 Å². The second-order valence-corrected chi connectivity index (χ2v) is 8.37. The number of carbonyl (C=O) groups is 1. The number of amides is 1. The molecule has 0 aliphatic carbocycles. The second-order valence-electron chi connectivity index (χ2n) is 7.21. The molecule has 0 aliphatic rings. The number of pyridine rings is 1. The molecule has 1 amide bonds. The molecule has 156 valence electrons. The van der Waals surface area contributed by atoms with Crippen molar-refractivity contribution in [1.29, 1.82) is 0 Å². The number of nitrogens with one attached hydrogen (secondary N) is 1. The lowest BCUT2D eigenvalue weighted by molar-refractivity contribution is 0.0154. The van der Waals surface area contributed by atoms with E-state index in [0.29, 0.717) is 22.7 Å². The van der Waals surface area contributed by atoms with Gasteiger partial charge in [-0.15, -0.1) is 0 Å². The summed E-state index contributed by atoms with van der Waals surface area (Å²) in [5, 5.41) is 2.93. The van der Waals surface area contributed by atoms with Crippen LogP contribution in [0.25, 0.3) is 0 Å². The van der Waals surface area contributed by atoms with E-state index in [1.807, 2.05) is 76.2 Å². The Balaban J connectivity index is 1.72. The van der Waals surface area contributed by atoms with E-state index in [9.17, 15) is 4.79 Å². The van der Waals surface area contributed by atoms with Gasteiger partial charge in [0.15, 0.2) is 0 Å². The molecular weight excluding hydrogens is 491 g/mol. The average Bonchev–Trinajstić information content (AvgIpc) is 2.69. The summed E-state index contributed by atoms with van der Waals surface area (Å²) in [6, 6.07) is 18.7. The molecule has 0 radical (unpaired) electrons. The summed E-state index contributed by atoms with van der Waals surface area (Å²) in [6.45, 7) is 7.77. The van der Waals surface area contributed by atoms with Gasteiger partial charge < -0.3 is 14.8 Å². The number of hydrogen-bond acceptors (Lipinski definition) is 4. The summed E-state index contributed by atoms with van der Waals surface area (Å²) in [7, 11) is 0. The van der Waals surface area contributed by atoms with Crippen LogP contribution < -0.4 is 10.1 Å². The highest BCUT2D eigenvalue weighted by Gasteiger charge is 2.15. The molecule has 0 bridgehead atoms. The summed E-state index contributed by atoms with van der Waals surface area (Å²) in [5.41, 5.74) is 2.66. The van der Waals surface area contributed by atoms with E-state index in [0.717, 1.165) is 15.0 Å². The van der Waals surface area contributed by atoms with Crippen molar-refractivity contribution in [3.8, 4) is 11.5 Å². The van der Waals surface area contributed by atoms with E-state index in [1.54, 1.807) is 12.1 Å². The number of hydrogen-bond donors (Lipinski definition) is 1. The van der Waals surface area contributed by atoms with Gasteiger partial charge in [0.2, 0.25) is 0 Å². The Morgan fingerprint density at radius 3 is 2.50 bits per heavy atom. The molecule has 3 aromatic rings. The lowest BCUT2D eigenvalue weighted by Gasteiger charge is -2.17. The molecule has 1 atom stereocenters. The van der Waals surface area contributed by atoms with Crippen molar-refractivity contribution in [2.75, 3.05) is 5.32 Å². The number of ether oxygens (including phenoxy) is 2. The van der Waals surface area contributed by atoms with E-state index < -0.39 is 0 Å². The molecule has 0 spiro atoms. The summed E-state index contributed by atoms with van der Waals surface area (Å²) < 4.78 is 12.7. The molecule has 1 unspecified atom stereocenters. The van der Waals surface area contributed by atoms with Crippen LogP contribution in [0.2, 0.25) is 0 Å². The normalized spacial score (nSPS) is 11.9. The maximum absolute atomic E-state index is 12.8. The van der Waals surface area contributed by atoms with E-state index >= 15 is 0 Å². The zero-order valence-electron chi connectivity index (χ0n) is 17.5. The topological polar surface area (TPSA) is 60.5 Å². The third-order valence-corrected chi connectivity index (χ3v) is 5.29. The SMILES string of the molecule is Cc1nc(C(C)OC(C)C)ccc1C(=O)Nc1cccc(Oc2ccccc2I)c1. The van der Waals surface area contributed by atoms with Crippen molar-refractivity contribution >= 4 is 34.2 Å². The van der Waals surface area contributed by atoms with Crippen molar-refractivity contribution in [3.63, 3.8) is 0 Å². The molecular formula is C24H25IN2O3. The molecule has 1 aromatic heterocycles. The molecule has 2 aromatic carbocycles. The van der Waals surface area contributed by atoms with Crippen molar-refractivity contribution in [1.82, 2.24) is 4.98 Å². The standard InChI is InChI=1S/C24H25IN2O3/c1-15(2)29-17(4)22-13-12-20(16(3)26-22)24(28)27-18-8-7-9-19(14-18)30-23-11-6-5-10-21(23)25/h5-15,17H,1-4H3,(H,27,28). The first-order valence-corrected chi connectivity index (χ1v) is 10.9. The Kier molecular flexibility index (Phi) is 7.44. The monoisotopic (exact) mass is 516 g/mol. The van der Waals surface area contributed by atoms with Crippen molar-refractivity contribution in [2.45, 2.75) is 39.9 Å². The molecule has 0 saturated carbocycles. The Morgan fingerprint density at radius 2 is 1.80 bits per heavy atom. The zero-order chi connectivity index (χ0) is 21.7.